The summed E-state index contributed by atoms with van der Waals surface area (Å²) in [6.45, 7) is 14.2. The highest BCUT2D eigenvalue weighted by Crippen LogP contribution is 1.60. The quantitative estimate of drug-likeness (QED) is 0.526. The molecule has 0 aromatic rings. The van der Waals surface area contributed by atoms with Gasteiger partial charge in [0.2, 0.25) is 0 Å². The van der Waals surface area contributed by atoms with Gasteiger partial charge in [0.1, 0.15) is 0 Å². The summed E-state index contributed by atoms with van der Waals surface area (Å²) in [6, 6.07) is 0. The lowest BCUT2D eigenvalue weighted by Gasteiger charge is -1.63. The van der Waals surface area contributed by atoms with Gasteiger partial charge in [0.15, 0.2) is 0 Å². The summed E-state index contributed by atoms with van der Waals surface area (Å²) in [5, 5.41) is 0. The second-order valence-electron chi connectivity index (χ2n) is 1.64. The largest absolute Gasteiger partial charge is 0.297 e. The maximum atomic E-state index is 3.71. The molecule has 82 valence electrons. The summed E-state index contributed by atoms with van der Waals surface area (Å²) in [7, 11) is 1.75. The Balaban J connectivity index is -0.0000000493. The van der Waals surface area contributed by atoms with Gasteiger partial charge in [-0.15, -0.1) is 0 Å². The Morgan fingerprint density at radius 2 is 1.31 bits per heavy atom. The van der Waals surface area contributed by atoms with Crippen molar-refractivity contribution in [2.24, 2.45) is 4.99 Å². The first kappa shape index (κ1) is 22.8. The summed E-state index contributed by atoms with van der Waals surface area (Å²) >= 11 is 0. The molecule has 0 N–H and O–H groups in total. The van der Waals surface area contributed by atoms with Crippen molar-refractivity contribution in [3.63, 3.8) is 0 Å². The van der Waals surface area contributed by atoms with Crippen molar-refractivity contribution in [2.45, 2.75) is 54.9 Å². The van der Waals surface area contributed by atoms with Crippen LogP contribution in [0.4, 0.5) is 0 Å². The van der Waals surface area contributed by atoms with Crippen LogP contribution in [0.5, 0.6) is 0 Å². The van der Waals surface area contributed by atoms with E-state index in [-0.39, 0.29) is 0 Å². The van der Waals surface area contributed by atoms with E-state index in [4.69, 9.17) is 0 Å². The van der Waals surface area contributed by atoms with E-state index in [1.165, 1.54) is 6.42 Å². The van der Waals surface area contributed by atoms with Crippen LogP contribution in [-0.2, 0) is 0 Å². The molecule has 0 fully saturated rings. The summed E-state index contributed by atoms with van der Waals surface area (Å²) in [6.07, 6.45) is 6.83. The van der Waals surface area contributed by atoms with Gasteiger partial charge in [0.25, 0.3) is 0 Å². The first-order valence-corrected chi connectivity index (χ1v) is 5.36. The molecule has 0 atom stereocenters. The normalized spacial score (nSPS) is 7.69. The Morgan fingerprint density at radius 3 is 1.38 bits per heavy atom. The molecule has 0 radical (unpaired) electrons. The van der Waals surface area contributed by atoms with E-state index >= 15 is 0 Å². The molecule has 0 heterocycles. The van der Waals surface area contributed by atoms with Crippen LogP contribution < -0.4 is 0 Å². The Kier molecular flexibility index (Phi) is 112. The molecule has 0 aliphatic rings. The summed E-state index contributed by atoms with van der Waals surface area (Å²) in [4.78, 5) is 3.71. The predicted molar refractivity (Wildman–Crippen MR) is 67.9 cm³/mol. The standard InChI is InChI=1S/C5H9N.C3H8.2C2H6/c1-3-4-5-6-2;1-3-2;2*1-2/h3-5H,1-2H3;3H2,1-2H3;2*1-2H3/b4-3-,6-5?;;;. The van der Waals surface area contributed by atoms with Crippen LogP contribution in [0.1, 0.15) is 54.9 Å². The zero-order valence-electron chi connectivity index (χ0n) is 10.9. The average molecular weight is 187 g/mol. The van der Waals surface area contributed by atoms with Gasteiger partial charge in [0.05, 0.1) is 0 Å². The van der Waals surface area contributed by atoms with Gasteiger partial charge in [0, 0.05) is 13.3 Å². The van der Waals surface area contributed by atoms with Gasteiger partial charge < -0.3 is 0 Å². The van der Waals surface area contributed by atoms with Gasteiger partial charge in [-0.25, -0.2) is 0 Å². The van der Waals surface area contributed by atoms with Crippen LogP contribution in [0.15, 0.2) is 17.1 Å². The van der Waals surface area contributed by atoms with Crippen LogP contribution in [0.2, 0.25) is 0 Å². The molecular formula is C12H29N. The van der Waals surface area contributed by atoms with E-state index in [0.717, 1.165) is 0 Å². The molecule has 1 nitrogen and oxygen atoms in total. The zero-order chi connectivity index (χ0) is 11.5. The molecule has 0 amide bonds. The van der Waals surface area contributed by atoms with Crippen molar-refractivity contribution in [1.82, 2.24) is 0 Å². The van der Waals surface area contributed by atoms with Crippen LogP contribution in [-0.4, -0.2) is 13.3 Å². The topological polar surface area (TPSA) is 12.4 Å². The number of hydrogen-bond acceptors (Lipinski definition) is 1. The molecule has 0 aliphatic heterocycles. The van der Waals surface area contributed by atoms with Gasteiger partial charge in [-0.2, -0.15) is 0 Å². The zero-order valence-corrected chi connectivity index (χ0v) is 10.9. The Bertz CT molecular complexity index is 63.2. The van der Waals surface area contributed by atoms with E-state index in [9.17, 15) is 0 Å². The van der Waals surface area contributed by atoms with Gasteiger partial charge in [-0.3, -0.25) is 4.99 Å². The van der Waals surface area contributed by atoms with Gasteiger partial charge in [-0.1, -0.05) is 54.0 Å². The average Bonchev–Trinajstić information content (AvgIpc) is 2.22. The molecule has 0 spiro atoms. The fourth-order valence-electron chi connectivity index (χ4n) is 0.172. The SMILES string of the molecule is C/C=C\C=NC.CC.CC.CCC. The van der Waals surface area contributed by atoms with Gasteiger partial charge in [-0.05, 0) is 13.0 Å². The monoisotopic (exact) mass is 187 g/mol. The van der Waals surface area contributed by atoms with Crippen LogP contribution in [0, 0.1) is 0 Å². The summed E-state index contributed by atoms with van der Waals surface area (Å²) < 4.78 is 0. The molecule has 0 aromatic heterocycles. The second-order valence-corrected chi connectivity index (χ2v) is 1.64. The molecule has 1 heteroatoms. The smallest absolute Gasteiger partial charge is 0.0277 e. The maximum Gasteiger partial charge on any atom is 0.0277 e. The van der Waals surface area contributed by atoms with Crippen LogP contribution in [0.25, 0.3) is 0 Å². The van der Waals surface area contributed by atoms with Crippen molar-refractivity contribution < 1.29 is 0 Å². The van der Waals surface area contributed by atoms with E-state index in [1.54, 1.807) is 13.3 Å². The van der Waals surface area contributed by atoms with E-state index in [1.807, 2.05) is 46.8 Å². The second kappa shape index (κ2) is 63.6. The Hall–Kier alpha value is -0.590. The van der Waals surface area contributed by atoms with Crippen LogP contribution in [0.3, 0.4) is 0 Å². The molecule has 0 saturated carbocycles. The highest BCUT2D eigenvalue weighted by atomic mass is 14.6. The van der Waals surface area contributed by atoms with Crippen molar-refractivity contribution in [2.75, 3.05) is 7.05 Å². The van der Waals surface area contributed by atoms with Crippen molar-refractivity contribution in [1.29, 1.82) is 0 Å². The molecule has 0 rings (SSSR count). The van der Waals surface area contributed by atoms with E-state index in [2.05, 4.69) is 18.8 Å². The number of nitrogens with zero attached hydrogens (tertiary/aromatic N) is 1. The number of allylic oxidation sites excluding steroid dienone is 2. The van der Waals surface area contributed by atoms with E-state index < -0.39 is 0 Å². The molecule has 0 aliphatic carbocycles. The van der Waals surface area contributed by atoms with Crippen molar-refractivity contribution >= 4 is 6.21 Å². The molecular weight excluding hydrogens is 158 g/mol. The minimum absolute atomic E-state index is 1.25. The van der Waals surface area contributed by atoms with Crippen molar-refractivity contribution in [3.8, 4) is 0 Å². The highest BCUT2D eigenvalue weighted by molar-refractivity contribution is 5.70. The Labute approximate surface area is 86.0 Å². The third kappa shape index (κ3) is 174. The highest BCUT2D eigenvalue weighted by Gasteiger charge is 1.49. The third-order valence-corrected chi connectivity index (χ3v) is 0.428. The number of aliphatic imine (C=N–C) groups is 1. The van der Waals surface area contributed by atoms with Crippen molar-refractivity contribution in [3.05, 3.63) is 12.2 Å². The van der Waals surface area contributed by atoms with Gasteiger partial charge >= 0.3 is 0 Å². The first-order valence-electron chi connectivity index (χ1n) is 5.36. The number of rotatable bonds is 1. The third-order valence-electron chi connectivity index (χ3n) is 0.428. The maximum absolute atomic E-state index is 3.71. The molecule has 13 heavy (non-hydrogen) atoms. The Morgan fingerprint density at radius 1 is 1.00 bits per heavy atom. The molecule has 0 unspecified atom stereocenters. The first-order chi connectivity index (χ1) is 6.33. The summed E-state index contributed by atoms with van der Waals surface area (Å²) in [5.41, 5.74) is 0. The minimum atomic E-state index is 1.25. The predicted octanol–water partition coefficient (Wildman–Crippen LogP) is 4.73. The molecule has 0 bridgehead atoms. The molecule has 0 aromatic carbocycles. The lowest BCUT2D eigenvalue weighted by atomic mass is 10.6. The molecule has 0 saturated heterocycles. The number of hydrogen-bond donors (Lipinski definition) is 0. The van der Waals surface area contributed by atoms with Crippen LogP contribution >= 0.6 is 0 Å². The van der Waals surface area contributed by atoms with E-state index in [0.29, 0.717) is 0 Å². The minimum Gasteiger partial charge on any atom is -0.297 e. The fourth-order valence-corrected chi connectivity index (χ4v) is 0.172. The lowest BCUT2D eigenvalue weighted by Crippen LogP contribution is -1.56. The fraction of sp³-hybridized carbons (Fsp3) is 0.750. The lowest BCUT2D eigenvalue weighted by molar-refractivity contribution is 1.09. The summed E-state index contributed by atoms with van der Waals surface area (Å²) in [5.74, 6) is 0.